The lowest BCUT2D eigenvalue weighted by molar-refractivity contribution is -0.123. The van der Waals surface area contributed by atoms with Crippen LogP contribution >= 0.6 is 0 Å². The number of carbonyl (C=O) groups is 1. The summed E-state index contributed by atoms with van der Waals surface area (Å²) in [6, 6.07) is 15.8. The number of benzene rings is 2. The van der Waals surface area contributed by atoms with Gasteiger partial charge in [-0.3, -0.25) is 9.48 Å². The monoisotopic (exact) mass is 349 g/mol. The molecule has 0 atom stereocenters. The number of nitrogens with zero attached hydrogens (tertiary/aromatic N) is 2. The SMILES string of the molecule is Cc1ccc(OCC(=O)NCc2ccccc2Cn2cccn2)cc1C. The second-order valence-corrected chi connectivity index (χ2v) is 6.28. The molecule has 0 saturated heterocycles. The summed E-state index contributed by atoms with van der Waals surface area (Å²) in [7, 11) is 0. The standard InChI is InChI=1S/C21H23N3O2/c1-16-8-9-20(12-17(16)2)26-15-21(25)22-13-18-6-3-4-7-19(18)14-24-11-5-10-23-24/h3-12H,13-15H2,1-2H3,(H,22,25). The number of aromatic nitrogens is 2. The Hall–Kier alpha value is -3.08. The van der Waals surface area contributed by atoms with E-state index in [-0.39, 0.29) is 12.5 Å². The van der Waals surface area contributed by atoms with E-state index in [1.165, 1.54) is 5.56 Å². The van der Waals surface area contributed by atoms with E-state index in [4.69, 9.17) is 4.74 Å². The van der Waals surface area contributed by atoms with Gasteiger partial charge >= 0.3 is 0 Å². The van der Waals surface area contributed by atoms with Crippen LogP contribution in [0.5, 0.6) is 5.75 Å². The molecule has 5 nitrogen and oxygen atoms in total. The molecule has 0 saturated carbocycles. The Morgan fingerprint density at radius 1 is 1.08 bits per heavy atom. The van der Waals surface area contributed by atoms with E-state index >= 15 is 0 Å². The highest BCUT2D eigenvalue weighted by Gasteiger charge is 2.07. The molecule has 0 fully saturated rings. The lowest BCUT2D eigenvalue weighted by Crippen LogP contribution is -2.28. The lowest BCUT2D eigenvalue weighted by atomic mass is 10.1. The Balaban J connectivity index is 1.53. The first kappa shape index (κ1) is 17.7. The van der Waals surface area contributed by atoms with E-state index in [2.05, 4.69) is 16.5 Å². The quantitative estimate of drug-likeness (QED) is 0.712. The number of hydrogen-bond donors (Lipinski definition) is 1. The molecule has 0 aliphatic carbocycles. The van der Waals surface area contributed by atoms with E-state index in [1.807, 2.05) is 67.2 Å². The van der Waals surface area contributed by atoms with Crippen LogP contribution in [0.2, 0.25) is 0 Å². The predicted molar refractivity (Wildman–Crippen MR) is 101 cm³/mol. The normalized spacial score (nSPS) is 10.5. The van der Waals surface area contributed by atoms with E-state index in [9.17, 15) is 4.79 Å². The summed E-state index contributed by atoms with van der Waals surface area (Å²) >= 11 is 0. The zero-order valence-corrected chi connectivity index (χ0v) is 15.1. The van der Waals surface area contributed by atoms with Crippen LogP contribution in [0.1, 0.15) is 22.3 Å². The van der Waals surface area contributed by atoms with Gasteiger partial charge in [0.15, 0.2) is 6.61 Å². The van der Waals surface area contributed by atoms with Crippen molar-refractivity contribution >= 4 is 5.91 Å². The van der Waals surface area contributed by atoms with Gasteiger partial charge in [0.2, 0.25) is 0 Å². The van der Waals surface area contributed by atoms with Crippen molar-refractivity contribution in [1.29, 1.82) is 0 Å². The molecule has 3 aromatic rings. The number of rotatable bonds is 7. The molecule has 134 valence electrons. The van der Waals surface area contributed by atoms with Gasteiger partial charge in [-0.25, -0.2) is 0 Å². The number of aryl methyl sites for hydroxylation is 2. The maximum Gasteiger partial charge on any atom is 0.258 e. The number of amides is 1. The highest BCUT2D eigenvalue weighted by molar-refractivity contribution is 5.77. The minimum Gasteiger partial charge on any atom is -0.484 e. The Kier molecular flexibility index (Phi) is 5.69. The lowest BCUT2D eigenvalue weighted by Gasteiger charge is -2.12. The van der Waals surface area contributed by atoms with Gasteiger partial charge in [0, 0.05) is 18.9 Å². The molecular weight excluding hydrogens is 326 g/mol. The largest absolute Gasteiger partial charge is 0.484 e. The molecule has 0 radical (unpaired) electrons. The summed E-state index contributed by atoms with van der Waals surface area (Å²) in [5, 5.41) is 7.16. The molecular formula is C21H23N3O2. The van der Waals surface area contributed by atoms with E-state index in [1.54, 1.807) is 6.20 Å². The second kappa shape index (κ2) is 8.34. The zero-order valence-electron chi connectivity index (χ0n) is 15.1. The summed E-state index contributed by atoms with van der Waals surface area (Å²) < 4.78 is 7.45. The fraction of sp³-hybridized carbons (Fsp3) is 0.238. The van der Waals surface area contributed by atoms with Crippen LogP contribution < -0.4 is 10.1 Å². The number of nitrogens with one attached hydrogen (secondary N) is 1. The van der Waals surface area contributed by atoms with Crippen molar-refractivity contribution in [3.63, 3.8) is 0 Å². The summed E-state index contributed by atoms with van der Waals surface area (Å²) in [4.78, 5) is 12.1. The summed E-state index contributed by atoms with van der Waals surface area (Å²) in [6.45, 7) is 5.22. The van der Waals surface area contributed by atoms with Crippen LogP contribution in [-0.4, -0.2) is 22.3 Å². The van der Waals surface area contributed by atoms with Crippen molar-refractivity contribution in [2.24, 2.45) is 0 Å². The molecule has 1 heterocycles. The Bertz CT molecular complexity index is 873. The molecule has 2 aromatic carbocycles. The van der Waals surface area contributed by atoms with Crippen molar-refractivity contribution in [3.8, 4) is 5.75 Å². The first-order valence-electron chi connectivity index (χ1n) is 8.63. The Morgan fingerprint density at radius 3 is 2.62 bits per heavy atom. The number of hydrogen-bond acceptors (Lipinski definition) is 3. The Morgan fingerprint density at radius 2 is 1.88 bits per heavy atom. The third-order valence-corrected chi connectivity index (χ3v) is 4.33. The van der Waals surface area contributed by atoms with Crippen LogP contribution in [0.4, 0.5) is 0 Å². The van der Waals surface area contributed by atoms with Gasteiger partial charge in [0.25, 0.3) is 5.91 Å². The van der Waals surface area contributed by atoms with Gasteiger partial charge in [0.05, 0.1) is 6.54 Å². The van der Waals surface area contributed by atoms with Gasteiger partial charge in [0.1, 0.15) is 5.75 Å². The molecule has 26 heavy (non-hydrogen) atoms. The van der Waals surface area contributed by atoms with Crippen LogP contribution in [0.15, 0.2) is 60.9 Å². The topological polar surface area (TPSA) is 56.1 Å². The first-order chi connectivity index (χ1) is 12.6. The average molecular weight is 349 g/mol. The van der Waals surface area contributed by atoms with Crippen molar-refractivity contribution in [2.45, 2.75) is 26.9 Å². The molecule has 1 aromatic heterocycles. The summed E-state index contributed by atoms with van der Waals surface area (Å²) in [5.41, 5.74) is 4.56. The van der Waals surface area contributed by atoms with Crippen LogP contribution in [-0.2, 0) is 17.9 Å². The van der Waals surface area contributed by atoms with Crippen LogP contribution in [0.25, 0.3) is 0 Å². The van der Waals surface area contributed by atoms with E-state index in [0.29, 0.717) is 18.8 Å². The molecule has 5 heteroatoms. The maximum absolute atomic E-state index is 12.1. The van der Waals surface area contributed by atoms with Gasteiger partial charge in [-0.1, -0.05) is 30.3 Å². The van der Waals surface area contributed by atoms with Crippen molar-refractivity contribution < 1.29 is 9.53 Å². The van der Waals surface area contributed by atoms with Gasteiger partial charge < -0.3 is 10.1 Å². The van der Waals surface area contributed by atoms with Crippen molar-refractivity contribution in [1.82, 2.24) is 15.1 Å². The first-order valence-corrected chi connectivity index (χ1v) is 8.63. The number of carbonyl (C=O) groups excluding carboxylic acids is 1. The van der Waals surface area contributed by atoms with Crippen molar-refractivity contribution in [3.05, 3.63) is 83.2 Å². The van der Waals surface area contributed by atoms with Crippen LogP contribution in [0.3, 0.4) is 0 Å². The average Bonchev–Trinajstić information content (AvgIpc) is 3.15. The summed E-state index contributed by atoms with van der Waals surface area (Å²) in [5.74, 6) is 0.569. The number of ether oxygens (including phenoxy) is 1. The molecule has 0 spiro atoms. The minimum absolute atomic E-state index is 0.00379. The molecule has 1 amide bonds. The highest BCUT2D eigenvalue weighted by atomic mass is 16.5. The van der Waals surface area contributed by atoms with E-state index in [0.717, 1.165) is 16.7 Å². The van der Waals surface area contributed by atoms with Crippen LogP contribution in [0, 0.1) is 13.8 Å². The fourth-order valence-corrected chi connectivity index (χ4v) is 2.65. The van der Waals surface area contributed by atoms with Gasteiger partial charge in [-0.05, 0) is 54.3 Å². The molecule has 3 rings (SSSR count). The molecule has 0 bridgehead atoms. The molecule has 0 aliphatic heterocycles. The minimum atomic E-state index is -0.142. The van der Waals surface area contributed by atoms with Gasteiger partial charge in [-0.2, -0.15) is 5.10 Å². The zero-order chi connectivity index (χ0) is 18.4. The fourth-order valence-electron chi connectivity index (χ4n) is 2.65. The van der Waals surface area contributed by atoms with E-state index < -0.39 is 0 Å². The molecule has 0 aliphatic rings. The Labute approximate surface area is 153 Å². The highest BCUT2D eigenvalue weighted by Crippen LogP contribution is 2.16. The smallest absolute Gasteiger partial charge is 0.258 e. The van der Waals surface area contributed by atoms with Gasteiger partial charge in [-0.15, -0.1) is 0 Å². The molecule has 1 N–H and O–H groups in total. The third-order valence-electron chi connectivity index (χ3n) is 4.33. The summed E-state index contributed by atoms with van der Waals surface area (Å²) in [6.07, 6.45) is 3.68. The maximum atomic E-state index is 12.1. The van der Waals surface area contributed by atoms with Crippen molar-refractivity contribution in [2.75, 3.05) is 6.61 Å². The third kappa shape index (κ3) is 4.72. The molecule has 0 unspecified atom stereocenters. The predicted octanol–water partition coefficient (Wildman–Crippen LogP) is 3.24. The second-order valence-electron chi connectivity index (χ2n) is 6.28.